The van der Waals surface area contributed by atoms with Gasteiger partial charge in [-0.25, -0.2) is 0 Å². The predicted molar refractivity (Wildman–Crippen MR) is 33.9 cm³/mol. The maximum atomic E-state index is 11.9. The van der Waals surface area contributed by atoms with Crippen LogP contribution < -0.4 is 0 Å². The molecule has 1 rings (SSSR count). The van der Waals surface area contributed by atoms with Crippen molar-refractivity contribution in [2.75, 3.05) is 12.4 Å². The largest absolute Gasteiger partial charge is 0.414 e. The molecule has 7 heteroatoms. The van der Waals surface area contributed by atoms with Crippen molar-refractivity contribution in [3.63, 3.8) is 0 Å². The van der Waals surface area contributed by atoms with E-state index in [0.29, 0.717) is 6.08 Å². The fraction of sp³-hybridized carbons (Fsp3) is 0.600. The van der Waals surface area contributed by atoms with E-state index in [-0.39, 0.29) is 0 Å². The maximum absolute atomic E-state index is 11.9. The zero-order chi connectivity index (χ0) is 9.41. The van der Waals surface area contributed by atoms with Gasteiger partial charge >= 0.3 is 6.18 Å². The van der Waals surface area contributed by atoms with Crippen LogP contribution in [0.5, 0.6) is 0 Å². The Bertz CT molecular complexity index is 300. The van der Waals surface area contributed by atoms with Crippen molar-refractivity contribution in [2.45, 2.75) is 6.18 Å². The summed E-state index contributed by atoms with van der Waals surface area (Å²) in [5.74, 6) is -0.707. The van der Waals surface area contributed by atoms with Crippen LogP contribution in [0, 0.1) is 0 Å². The molecule has 0 saturated heterocycles. The van der Waals surface area contributed by atoms with E-state index in [0.717, 1.165) is 0 Å². The molecule has 0 unspecified atom stereocenters. The van der Waals surface area contributed by atoms with Crippen LogP contribution in [0.1, 0.15) is 0 Å². The van der Waals surface area contributed by atoms with E-state index < -0.39 is 34.2 Å². The highest BCUT2D eigenvalue weighted by atomic mass is 32.2. The Kier molecular flexibility index (Phi) is 2.17. The summed E-state index contributed by atoms with van der Waals surface area (Å²) in [6, 6.07) is 0. The highest BCUT2D eigenvalue weighted by molar-refractivity contribution is 7.86. The molecule has 1 aliphatic heterocycles. The fourth-order valence-corrected chi connectivity index (χ4v) is 1.47. The Balaban J connectivity index is 2.82. The molecule has 0 atom stereocenters. The second-order valence-corrected chi connectivity index (χ2v) is 3.90. The molecule has 1 aliphatic rings. The molecule has 0 amide bonds. The Labute approximate surface area is 66.9 Å². The van der Waals surface area contributed by atoms with E-state index in [1.54, 1.807) is 0 Å². The minimum atomic E-state index is -4.49. The Hall–Kier alpha value is -0.560. The third kappa shape index (κ3) is 2.21. The predicted octanol–water partition coefficient (Wildman–Crippen LogP) is 0.835. The minimum absolute atomic E-state index is 0.624. The van der Waals surface area contributed by atoms with Crippen LogP contribution in [0.3, 0.4) is 0 Å². The Morgan fingerprint density at radius 3 is 2.33 bits per heavy atom. The summed E-state index contributed by atoms with van der Waals surface area (Å²) in [5.41, 5.74) is -0.947. The summed E-state index contributed by atoms with van der Waals surface area (Å²) < 4.78 is 60.5. The quantitative estimate of drug-likeness (QED) is 0.431. The first-order valence-electron chi connectivity index (χ1n) is 2.94. The minimum Gasteiger partial charge on any atom is -0.265 e. The molecule has 0 aromatic rings. The average molecular weight is 202 g/mol. The molecule has 0 saturated carbocycles. The summed E-state index contributed by atoms with van der Waals surface area (Å²) in [5, 5.41) is 0. The molecule has 3 nitrogen and oxygen atoms in total. The second-order valence-electron chi connectivity index (χ2n) is 2.21. The lowest BCUT2D eigenvalue weighted by atomic mass is 10.2. The van der Waals surface area contributed by atoms with Gasteiger partial charge < -0.3 is 0 Å². The maximum Gasteiger partial charge on any atom is 0.414 e. The zero-order valence-corrected chi connectivity index (χ0v) is 6.57. The molecule has 70 valence electrons. The first-order chi connectivity index (χ1) is 5.31. The molecule has 12 heavy (non-hydrogen) atoms. The van der Waals surface area contributed by atoms with Gasteiger partial charge in [-0.1, -0.05) is 6.08 Å². The molecule has 0 aromatic carbocycles. The van der Waals surface area contributed by atoms with Gasteiger partial charge in [0.05, 0.1) is 17.9 Å². The van der Waals surface area contributed by atoms with E-state index >= 15 is 0 Å². The molecular weight excluding hydrogens is 197 g/mol. The lowest BCUT2D eigenvalue weighted by molar-refractivity contribution is -0.0970. The standard InChI is InChI=1S/C5H5F3O3S/c6-5(7,8)4-1-2-12(9,10)11-3-4/h1H,2-3H2. The van der Waals surface area contributed by atoms with Gasteiger partial charge in [0.1, 0.15) is 0 Å². The molecule has 0 aliphatic carbocycles. The van der Waals surface area contributed by atoms with Crippen LogP contribution in [0.4, 0.5) is 13.2 Å². The Morgan fingerprint density at radius 2 is 2.00 bits per heavy atom. The van der Waals surface area contributed by atoms with Crippen molar-refractivity contribution in [2.24, 2.45) is 0 Å². The van der Waals surface area contributed by atoms with Crippen molar-refractivity contribution in [1.29, 1.82) is 0 Å². The lowest BCUT2D eigenvalue weighted by Gasteiger charge is -2.15. The topological polar surface area (TPSA) is 43.4 Å². The van der Waals surface area contributed by atoms with Gasteiger partial charge in [-0.15, -0.1) is 0 Å². The van der Waals surface area contributed by atoms with Crippen LogP contribution in [0.25, 0.3) is 0 Å². The molecule has 0 spiro atoms. The highest BCUT2D eigenvalue weighted by Gasteiger charge is 2.36. The van der Waals surface area contributed by atoms with Gasteiger partial charge in [0.15, 0.2) is 0 Å². The third-order valence-electron chi connectivity index (χ3n) is 1.29. The van der Waals surface area contributed by atoms with Crippen LogP contribution >= 0.6 is 0 Å². The molecule has 0 aromatic heterocycles. The molecule has 1 heterocycles. The van der Waals surface area contributed by atoms with Crippen molar-refractivity contribution in [1.82, 2.24) is 0 Å². The number of rotatable bonds is 0. The van der Waals surface area contributed by atoms with E-state index in [1.807, 2.05) is 0 Å². The SMILES string of the molecule is O=S1(=O)CC=C(C(F)(F)F)CO1. The summed E-state index contributed by atoms with van der Waals surface area (Å²) in [4.78, 5) is 0. The van der Waals surface area contributed by atoms with E-state index in [9.17, 15) is 21.6 Å². The summed E-state index contributed by atoms with van der Waals surface area (Å²) in [7, 11) is -3.75. The monoisotopic (exact) mass is 202 g/mol. The van der Waals surface area contributed by atoms with Gasteiger partial charge in [0, 0.05) is 0 Å². The number of hydrogen-bond acceptors (Lipinski definition) is 3. The van der Waals surface area contributed by atoms with Gasteiger partial charge in [0.2, 0.25) is 0 Å². The zero-order valence-electron chi connectivity index (χ0n) is 5.76. The molecular formula is C5H5F3O3S. The molecule has 0 bridgehead atoms. The first-order valence-corrected chi connectivity index (χ1v) is 4.52. The van der Waals surface area contributed by atoms with E-state index in [4.69, 9.17) is 0 Å². The normalized spacial score (nSPS) is 23.4. The molecule has 0 N–H and O–H groups in total. The van der Waals surface area contributed by atoms with Gasteiger partial charge in [-0.2, -0.15) is 21.6 Å². The van der Waals surface area contributed by atoms with Crippen molar-refractivity contribution < 1.29 is 25.8 Å². The van der Waals surface area contributed by atoms with Crippen molar-refractivity contribution in [3.05, 3.63) is 11.6 Å². The first kappa shape index (κ1) is 9.53. The summed E-state index contributed by atoms with van der Waals surface area (Å²) in [6.07, 6.45) is -3.87. The van der Waals surface area contributed by atoms with Crippen molar-refractivity contribution in [3.8, 4) is 0 Å². The van der Waals surface area contributed by atoms with Crippen LogP contribution in [-0.2, 0) is 14.3 Å². The fourth-order valence-electron chi connectivity index (χ4n) is 0.661. The van der Waals surface area contributed by atoms with E-state index in [2.05, 4.69) is 4.18 Å². The third-order valence-corrected chi connectivity index (χ3v) is 2.34. The van der Waals surface area contributed by atoms with Crippen molar-refractivity contribution >= 4 is 10.1 Å². The van der Waals surface area contributed by atoms with Crippen LogP contribution in [-0.4, -0.2) is 27.0 Å². The number of alkyl halides is 3. The van der Waals surface area contributed by atoms with Gasteiger partial charge in [0.25, 0.3) is 10.1 Å². The molecule has 0 radical (unpaired) electrons. The van der Waals surface area contributed by atoms with Crippen LogP contribution in [0.15, 0.2) is 11.6 Å². The molecule has 0 fully saturated rings. The highest BCUT2D eigenvalue weighted by Crippen LogP contribution is 2.28. The van der Waals surface area contributed by atoms with Gasteiger partial charge in [-0.3, -0.25) is 4.18 Å². The smallest absolute Gasteiger partial charge is 0.265 e. The summed E-state index contributed by atoms with van der Waals surface area (Å²) in [6.45, 7) is -0.911. The average Bonchev–Trinajstić information content (AvgIpc) is 1.83. The van der Waals surface area contributed by atoms with E-state index in [1.165, 1.54) is 0 Å². The number of halogens is 3. The van der Waals surface area contributed by atoms with Gasteiger partial charge in [-0.05, 0) is 0 Å². The second kappa shape index (κ2) is 2.74. The Morgan fingerprint density at radius 1 is 1.42 bits per heavy atom. The van der Waals surface area contributed by atoms with Crippen LogP contribution in [0.2, 0.25) is 0 Å². The number of hydrogen-bond donors (Lipinski definition) is 0. The summed E-state index contributed by atoms with van der Waals surface area (Å²) >= 11 is 0. The lowest BCUT2D eigenvalue weighted by Crippen LogP contribution is -2.25.